The Balaban J connectivity index is 1.92. The van der Waals surface area contributed by atoms with Crippen LogP contribution in [-0.2, 0) is 16.0 Å². The molecule has 0 fully saturated rings. The number of benzene rings is 2. The summed E-state index contributed by atoms with van der Waals surface area (Å²) in [6.07, 6.45) is 9.54. The molecule has 0 aliphatic heterocycles. The summed E-state index contributed by atoms with van der Waals surface area (Å²) in [7, 11) is 0. The number of allylic oxidation sites excluding steroid dienone is 10. The lowest BCUT2D eigenvalue weighted by atomic mass is 9.71. The van der Waals surface area contributed by atoms with Crippen LogP contribution in [-0.4, -0.2) is 11.6 Å². The Hall–Kier alpha value is -4.30. The highest BCUT2D eigenvalue weighted by Gasteiger charge is 2.37. The number of azo groups is 2. The van der Waals surface area contributed by atoms with E-state index in [4.69, 9.17) is 43.7 Å². The average Bonchev–Trinajstić information content (AvgIpc) is 3.50. The monoisotopic (exact) mass is 834 g/mol. The maximum Gasteiger partial charge on any atom is 0.186 e. The summed E-state index contributed by atoms with van der Waals surface area (Å²) in [5.74, 6) is 0.0790. The molecule has 0 amide bonds. The number of thiophene rings is 1. The number of nitrogens with zero attached hydrogens (tertiary/aromatic N) is 4. The van der Waals surface area contributed by atoms with Crippen LogP contribution in [0, 0.1) is 21.7 Å². The lowest BCUT2D eigenvalue weighted by molar-refractivity contribution is -0.114. The fourth-order valence-corrected chi connectivity index (χ4v) is 8.33. The molecule has 0 N–H and O–H groups in total. The van der Waals surface area contributed by atoms with E-state index in [1.807, 2.05) is 48.6 Å². The van der Waals surface area contributed by atoms with Gasteiger partial charge in [0.05, 0.1) is 21.1 Å². The van der Waals surface area contributed by atoms with Gasteiger partial charge in [-0.1, -0.05) is 132 Å². The average molecular weight is 836 g/mol. The zero-order chi connectivity index (χ0) is 43.0. The summed E-state index contributed by atoms with van der Waals surface area (Å²) in [6.45, 7) is 26.9. The van der Waals surface area contributed by atoms with Crippen LogP contribution in [0.4, 0.5) is 11.4 Å². The van der Waals surface area contributed by atoms with Crippen molar-refractivity contribution in [3.63, 3.8) is 0 Å². The number of halogens is 2. The second kappa shape index (κ2) is 17.1. The number of rotatable bonds is 8. The smallest absolute Gasteiger partial charge is 0.186 e. The molecule has 0 atom stereocenters. The maximum atomic E-state index is 14.1. The summed E-state index contributed by atoms with van der Waals surface area (Å²) in [6, 6.07) is 16.7. The zero-order valence-electron chi connectivity index (χ0n) is 36.2. The molecule has 2 aliphatic rings. The van der Waals surface area contributed by atoms with Gasteiger partial charge in [-0.3, -0.25) is 9.59 Å². The molecule has 0 radical (unpaired) electrons. The molecule has 0 saturated heterocycles. The van der Waals surface area contributed by atoms with Crippen LogP contribution in [0.15, 0.2) is 133 Å². The van der Waals surface area contributed by atoms with Crippen LogP contribution in [0.5, 0.6) is 0 Å². The van der Waals surface area contributed by atoms with Crippen molar-refractivity contribution in [2.24, 2.45) is 42.1 Å². The van der Waals surface area contributed by atoms with Gasteiger partial charge < -0.3 is 0 Å². The summed E-state index contributed by atoms with van der Waals surface area (Å²) in [4.78, 5) is 29.9. The van der Waals surface area contributed by atoms with Gasteiger partial charge in [0.25, 0.3) is 0 Å². The topological polar surface area (TPSA) is 83.6 Å². The molecule has 2 aliphatic carbocycles. The van der Waals surface area contributed by atoms with Gasteiger partial charge in [0.1, 0.15) is 11.4 Å². The van der Waals surface area contributed by atoms with Crippen molar-refractivity contribution < 1.29 is 9.59 Å². The van der Waals surface area contributed by atoms with Gasteiger partial charge in [-0.05, 0) is 100 Å². The molecule has 304 valence electrons. The Kier molecular flexibility index (Phi) is 13.2. The quantitative estimate of drug-likeness (QED) is 0.212. The van der Waals surface area contributed by atoms with E-state index < -0.39 is 21.7 Å². The summed E-state index contributed by atoms with van der Waals surface area (Å²) in [5, 5.41) is 20.6. The van der Waals surface area contributed by atoms with Crippen molar-refractivity contribution in [2.75, 3.05) is 0 Å². The Morgan fingerprint density at radius 2 is 0.948 bits per heavy atom. The highest BCUT2D eigenvalue weighted by atomic mass is 35.5. The summed E-state index contributed by atoms with van der Waals surface area (Å²) >= 11 is 14.3. The van der Waals surface area contributed by atoms with Crippen molar-refractivity contribution in [3.05, 3.63) is 138 Å². The molecule has 58 heavy (non-hydrogen) atoms. The van der Waals surface area contributed by atoms with Crippen LogP contribution >= 0.6 is 34.5 Å². The minimum atomic E-state index is -0.430. The van der Waals surface area contributed by atoms with E-state index >= 15 is 0 Å². The molecule has 6 nitrogen and oxygen atoms in total. The largest absolute Gasteiger partial charge is 0.289 e. The highest BCUT2D eigenvalue weighted by Crippen LogP contribution is 2.46. The lowest BCUT2D eigenvalue weighted by Gasteiger charge is -2.31. The number of ketones is 2. The molecule has 3 aromatic rings. The van der Waals surface area contributed by atoms with Crippen LogP contribution in [0.25, 0.3) is 11.4 Å². The number of hydrogen-bond donors (Lipinski definition) is 0. The zero-order valence-corrected chi connectivity index (χ0v) is 38.5. The third-order valence-electron chi connectivity index (χ3n) is 9.88. The fourth-order valence-electron chi connectivity index (χ4n) is 6.74. The van der Waals surface area contributed by atoms with Crippen LogP contribution < -0.4 is 0 Å². The first kappa shape index (κ1) is 44.8. The van der Waals surface area contributed by atoms with Crippen LogP contribution in [0.2, 0.25) is 10.0 Å². The predicted octanol–water partition coefficient (Wildman–Crippen LogP) is 16.1. The number of hydrogen-bond acceptors (Lipinski definition) is 7. The van der Waals surface area contributed by atoms with Gasteiger partial charge in [-0.25, -0.2) is 0 Å². The fraction of sp³-hybridized carbons (Fsp3) is 0.388. The predicted molar refractivity (Wildman–Crippen MR) is 244 cm³/mol. The van der Waals surface area contributed by atoms with E-state index in [1.54, 1.807) is 35.6 Å². The van der Waals surface area contributed by atoms with Gasteiger partial charge in [-0.15, -0.1) is 21.6 Å². The van der Waals surface area contributed by atoms with E-state index in [1.165, 1.54) is 0 Å². The first-order chi connectivity index (χ1) is 26.9. The highest BCUT2D eigenvalue weighted by molar-refractivity contribution is 7.14. The van der Waals surface area contributed by atoms with Crippen molar-refractivity contribution in [2.45, 2.75) is 103 Å². The first-order valence-corrected chi connectivity index (χ1v) is 21.4. The van der Waals surface area contributed by atoms with Crippen molar-refractivity contribution in [1.82, 2.24) is 0 Å². The van der Waals surface area contributed by atoms with E-state index in [-0.39, 0.29) is 11.6 Å². The van der Waals surface area contributed by atoms with Gasteiger partial charge in [0, 0.05) is 43.5 Å². The molecule has 5 rings (SSSR count). The molecule has 2 aromatic carbocycles. The maximum absolute atomic E-state index is 14.1. The SMILES string of the molecule is CCCc1cc(C(/N=N/c2cccc(Cl)c2)=C2C=C(C(C)(C)C)C(=O)C(C(C)(C)C)=C2)sc1C(/N=N/c1cccc(Cl)c1)=C1C=C(C(C)(C)C)C(=O)C(C(C)(C)C)=C1. The third kappa shape index (κ3) is 10.5. The van der Waals surface area contributed by atoms with Crippen LogP contribution in [0.1, 0.15) is 112 Å². The second-order valence-corrected chi connectivity index (χ2v) is 21.0. The molecule has 0 saturated carbocycles. The van der Waals surface area contributed by atoms with E-state index in [0.717, 1.165) is 39.3 Å². The summed E-state index contributed by atoms with van der Waals surface area (Å²) in [5.41, 5.74) is 6.25. The number of carbonyl (C=O) groups is 2. The van der Waals surface area contributed by atoms with Crippen molar-refractivity contribution in [1.29, 1.82) is 0 Å². The molecule has 9 heteroatoms. The third-order valence-corrected chi connectivity index (χ3v) is 11.5. The second-order valence-electron chi connectivity index (χ2n) is 19.1. The minimum absolute atomic E-state index is 0.0385. The standard InChI is InChI=1S/C49H56Cl2N4O2S/c1-14-17-29-26-40(41(54-52-34-20-15-18-32(50)27-34)30-22-36(46(2,3)4)43(56)37(23-30)47(5,6)7)58-45(29)42(55-53-35-21-16-19-33(51)28-35)31-24-38(48(8,9)10)44(57)39(25-31)49(11,12)13/h15-16,18-28H,14,17H2,1-13H3/b54-52+,55-53+. The molecule has 0 unspecified atom stereocenters. The number of carbonyl (C=O) groups excluding carboxylic acids is 2. The number of Topliss-reactive ketones (excluding diaryl/α,β-unsaturated/α-hetero) is 2. The number of aryl methyl sites for hydroxylation is 1. The van der Waals surface area contributed by atoms with E-state index in [2.05, 4.69) is 96.1 Å². The molecule has 1 heterocycles. The van der Waals surface area contributed by atoms with E-state index in [0.29, 0.717) is 55.1 Å². The normalized spacial score (nSPS) is 15.9. The molecule has 1 aromatic heterocycles. The molecule has 0 spiro atoms. The van der Waals surface area contributed by atoms with Crippen molar-refractivity contribution in [3.8, 4) is 0 Å². The van der Waals surface area contributed by atoms with E-state index in [9.17, 15) is 9.59 Å². The Morgan fingerprint density at radius 1 is 0.569 bits per heavy atom. The summed E-state index contributed by atoms with van der Waals surface area (Å²) < 4.78 is 0. The van der Waals surface area contributed by atoms with Gasteiger partial charge >= 0.3 is 0 Å². The molecule has 0 bridgehead atoms. The first-order valence-electron chi connectivity index (χ1n) is 19.8. The van der Waals surface area contributed by atoms with Crippen molar-refractivity contribution >= 4 is 68.9 Å². The van der Waals surface area contributed by atoms with Gasteiger partial charge in [0.2, 0.25) is 0 Å². The molecular weight excluding hydrogens is 780 g/mol. The Bertz CT molecular complexity index is 2320. The Labute approximate surface area is 359 Å². The van der Waals surface area contributed by atoms with Gasteiger partial charge in [0.15, 0.2) is 11.6 Å². The lowest BCUT2D eigenvalue weighted by Crippen LogP contribution is -2.28. The minimum Gasteiger partial charge on any atom is -0.289 e. The van der Waals surface area contributed by atoms with Gasteiger partial charge in [-0.2, -0.15) is 10.2 Å². The Morgan fingerprint density at radius 3 is 1.31 bits per heavy atom. The molecular formula is C49H56Cl2N4O2S. The van der Waals surface area contributed by atoms with Crippen LogP contribution in [0.3, 0.4) is 0 Å².